The van der Waals surface area contributed by atoms with Gasteiger partial charge in [0.1, 0.15) is 5.75 Å². The maximum Gasteiger partial charge on any atom is 0.245 e. The number of ether oxygens (including phenoxy) is 1. The van der Waals surface area contributed by atoms with E-state index >= 15 is 0 Å². The summed E-state index contributed by atoms with van der Waals surface area (Å²) in [6, 6.07) is 5.40. The highest BCUT2D eigenvalue weighted by Crippen LogP contribution is 2.24. The molecule has 0 fully saturated rings. The van der Waals surface area contributed by atoms with Gasteiger partial charge in [-0.1, -0.05) is 5.16 Å². The Morgan fingerprint density at radius 2 is 2.29 bits per heavy atom. The number of nitrogens with one attached hydrogen (secondary N) is 1. The second kappa shape index (κ2) is 4.73. The van der Waals surface area contributed by atoms with Crippen LogP contribution in [0.3, 0.4) is 0 Å². The van der Waals surface area contributed by atoms with Crippen LogP contribution >= 0.6 is 0 Å². The van der Waals surface area contributed by atoms with Crippen LogP contribution in [0.4, 0.5) is 11.4 Å². The van der Waals surface area contributed by atoms with E-state index in [2.05, 4.69) is 15.5 Å². The van der Waals surface area contributed by atoms with Gasteiger partial charge in [0.25, 0.3) is 0 Å². The van der Waals surface area contributed by atoms with Crippen molar-refractivity contribution in [2.75, 3.05) is 18.2 Å². The number of anilines is 2. The first-order valence-corrected chi connectivity index (χ1v) is 5.15. The molecule has 0 aliphatic rings. The number of benzene rings is 1. The Kier molecular flexibility index (Phi) is 3.13. The van der Waals surface area contributed by atoms with Gasteiger partial charge in [-0.15, -0.1) is 0 Å². The van der Waals surface area contributed by atoms with Crippen molar-refractivity contribution in [2.24, 2.45) is 0 Å². The molecule has 0 bridgehead atoms. The molecule has 0 spiro atoms. The normalized spacial score (nSPS) is 10.2. The molecule has 2 aromatic rings. The molecule has 0 saturated heterocycles. The predicted octanol–water partition coefficient (Wildman–Crippen LogP) is 1.58. The first kappa shape index (κ1) is 11.3. The molecule has 2 rings (SSSR count). The van der Waals surface area contributed by atoms with Gasteiger partial charge in [-0.25, -0.2) is 0 Å². The fourth-order valence-corrected chi connectivity index (χ4v) is 1.40. The van der Waals surface area contributed by atoms with Crippen LogP contribution in [0.2, 0.25) is 0 Å². The molecule has 0 unspecified atom stereocenters. The van der Waals surface area contributed by atoms with Gasteiger partial charge in [0, 0.05) is 6.07 Å². The van der Waals surface area contributed by atoms with Crippen molar-refractivity contribution in [3.63, 3.8) is 0 Å². The van der Waals surface area contributed by atoms with Gasteiger partial charge in [-0.3, -0.25) is 0 Å². The largest absolute Gasteiger partial charge is 0.497 e. The monoisotopic (exact) mass is 234 g/mol. The lowest BCUT2D eigenvalue weighted by atomic mass is 10.2. The summed E-state index contributed by atoms with van der Waals surface area (Å²) in [7, 11) is 1.61. The molecule has 90 valence electrons. The van der Waals surface area contributed by atoms with Gasteiger partial charge in [0.2, 0.25) is 5.89 Å². The maximum absolute atomic E-state index is 5.83. The second-order valence-corrected chi connectivity index (χ2v) is 3.54. The molecule has 0 atom stereocenters. The summed E-state index contributed by atoms with van der Waals surface area (Å²) in [6.07, 6.45) is 0. The van der Waals surface area contributed by atoms with E-state index in [1.165, 1.54) is 0 Å². The van der Waals surface area contributed by atoms with Gasteiger partial charge >= 0.3 is 0 Å². The highest BCUT2D eigenvalue weighted by Gasteiger charge is 2.05. The number of hydrogen-bond acceptors (Lipinski definition) is 6. The molecule has 1 aromatic carbocycles. The van der Waals surface area contributed by atoms with Gasteiger partial charge in [0.15, 0.2) is 5.82 Å². The Labute approximate surface area is 98.8 Å². The van der Waals surface area contributed by atoms with Crippen LogP contribution in [-0.2, 0) is 6.54 Å². The Hall–Kier alpha value is -2.24. The Bertz CT molecular complexity index is 510. The standard InChI is InChI=1S/C11H14N4O2/c1-7-14-11(17-15-7)6-13-10-5-8(16-2)3-4-9(10)12/h3-5,13H,6,12H2,1-2H3. The number of nitrogens with zero attached hydrogens (tertiary/aromatic N) is 2. The number of methoxy groups -OCH3 is 1. The lowest BCUT2D eigenvalue weighted by Gasteiger charge is -2.08. The maximum atomic E-state index is 5.83. The molecule has 0 saturated carbocycles. The zero-order valence-electron chi connectivity index (χ0n) is 9.73. The van der Waals surface area contributed by atoms with Crippen LogP contribution in [0.5, 0.6) is 5.75 Å². The molecule has 6 nitrogen and oxygen atoms in total. The topological polar surface area (TPSA) is 86.2 Å². The smallest absolute Gasteiger partial charge is 0.245 e. The quantitative estimate of drug-likeness (QED) is 0.781. The molecule has 0 aliphatic carbocycles. The lowest BCUT2D eigenvalue weighted by molar-refractivity contribution is 0.379. The first-order valence-electron chi connectivity index (χ1n) is 5.15. The van der Waals surface area contributed by atoms with Crippen LogP contribution in [0.15, 0.2) is 22.7 Å². The lowest BCUT2D eigenvalue weighted by Crippen LogP contribution is -2.03. The minimum absolute atomic E-state index is 0.429. The van der Waals surface area contributed by atoms with E-state index in [1.807, 2.05) is 6.07 Å². The van der Waals surface area contributed by atoms with E-state index in [0.717, 1.165) is 11.4 Å². The van der Waals surface area contributed by atoms with Crippen LogP contribution in [0.25, 0.3) is 0 Å². The summed E-state index contributed by atoms with van der Waals surface area (Å²) >= 11 is 0. The fourth-order valence-electron chi connectivity index (χ4n) is 1.40. The molecule has 1 aromatic heterocycles. The molecule has 0 amide bonds. The Balaban J connectivity index is 2.07. The van der Waals surface area contributed by atoms with Crippen molar-refractivity contribution in [1.29, 1.82) is 0 Å². The van der Waals surface area contributed by atoms with Crippen LogP contribution < -0.4 is 15.8 Å². The number of aromatic nitrogens is 2. The number of rotatable bonds is 4. The molecular formula is C11H14N4O2. The molecular weight excluding hydrogens is 220 g/mol. The molecule has 6 heteroatoms. The van der Waals surface area contributed by atoms with Crippen molar-refractivity contribution < 1.29 is 9.26 Å². The summed E-state index contributed by atoms with van der Waals surface area (Å²) in [6.45, 7) is 2.20. The molecule has 0 aliphatic heterocycles. The van der Waals surface area contributed by atoms with Crippen molar-refractivity contribution in [3.8, 4) is 5.75 Å². The van der Waals surface area contributed by atoms with Crippen molar-refractivity contribution >= 4 is 11.4 Å². The minimum atomic E-state index is 0.429. The Morgan fingerprint density at radius 1 is 1.47 bits per heavy atom. The average molecular weight is 234 g/mol. The molecule has 3 N–H and O–H groups in total. The summed E-state index contributed by atoms with van der Waals surface area (Å²) in [5.74, 6) is 1.87. The molecule has 1 heterocycles. The van der Waals surface area contributed by atoms with Crippen molar-refractivity contribution in [2.45, 2.75) is 13.5 Å². The van der Waals surface area contributed by atoms with Crippen molar-refractivity contribution in [3.05, 3.63) is 29.9 Å². The third-order valence-corrected chi connectivity index (χ3v) is 2.26. The number of aryl methyl sites for hydroxylation is 1. The summed E-state index contributed by atoms with van der Waals surface area (Å²) in [5, 5.41) is 6.82. The SMILES string of the molecule is COc1ccc(N)c(NCc2nc(C)no2)c1. The van der Waals surface area contributed by atoms with E-state index in [4.69, 9.17) is 15.0 Å². The third-order valence-electron chi connectivity index (χ3n) is 2.26. The van der Waals surface area contributed by atoms with Gasteiger partial charge in [0.05, 0.1) is 25.0 Å². The van der Waals surface area contributed by atoms with E-state index in [-0.39, 0.29) is 0 Å². The zero-order valence-corrected chi connectivity index (χ0v) is 9.73. The van der Waals surface area contributed by atoms with E-state index in [1.54, 1.807) is 26.2 Å². The Morgan fingerprint density at radius 3 is 2.94 bits per heavy atom. The van der Waals surface area contributed by atoms with Gasteiger partial charge < -0.3 is 20.3 Å². The van der Waals surface area contributed by atoms with Crippen LogP contribution in [0, 0.1) is 6.92 Å². The minimum Gasteiger partial charge on any atom is -0.497 e. The van der Waals surface area contributed by atoms with E-state index < -0.39 is 0 Å². The number of nitrogens with two attached hydrogens (primary N) is 1. The summed E-state index contributed by atoms with van der Waals surface area (Å²) < 4.78 is 10.1. The second-order valence-electron chi connectivity index (χ2n) is 3.54. The summed E-state index contributed by atoms with van der Waals surface area (Å²) in [5.41, 5.74) is 7.25. The van der Waals surface area contributed by atoms with Crippen LogP contribution in [0.1, 0.15) is 11.7 Å². The summed E-state index contributed by atoms with van der Waals surface area (Å²) in [4.78, 5) is 4.09. The predicted molar refractivity (Wildman–Crippen MR) is 63.8 cm³/mol. The highest BCUT2D eigenvalue weighted by atomic mass is 16.5. The van der Waals surface area contributed by atoms with Crippen molar-refractivity contribution in [1.82, 2.24) is 10.1 Å². The molecule has 17 heavy (non-hydrogen) atoms. The number of nitrogen functional groups attached to an aromatic ring is 1. The third kappa shape index (κ3) is 2.66. The zero-order chi connectivity index (χ0) is 12.3. The highest BCUT2D eigenvalue weighted by molar-refractivity contribution is 5.68. The average Bonchev–Trinajstić information content (AvgIpc) is 2.74. The molecule has 0 radical (unpaired) electrons. The van der Waals surface area contributed by atoms with E-state index in [0.29, 0.717) is 23.9 Å². The first-order chi connectivity index (χ1) is 8.19. The number of hydrogen-bond donors (Lipinski definition) is 2. The van der Waals surface area contributed by atoms with E-state index in [9.17, 15) is 0 Å². The fraction of sp³-hybridized carbons (Fsp3) is 0.273. The van der Waals surface area contributed by atoms with Gasteiger partial charge in [-0.2, -0.15) is 4.98 Å². The van der Waals surface area contributed by atoms with Crippen LogP contribution in [-0.4, -0.2) is 17.3 Å². The van der Waals surface area contributed by atoms with Gasteiger partial charge in [-0.05, 0) is 19.1 Å².